The van der Waals surface area contributed by atoms with Crippen molar-refractivity contribution in [3.05, 3.63) is 112 Å². The highest BCUT2D eigenvalue weighted by molar-refractivity contribution is 6.04. The SMILES string of the molecule is O=C(Nc1ccc(Oc2ccnc3c2CCN3)c(F)c1)c1c[nH]cc(-c2ccc(F)cc2)c1=O.O=C(O)/C=C\C(=O)O. The minimum atomic E-state index is -1.26. The van der Waals surface area contributed by atoms with E-state index in [2.05, 4.69) is 20.6 Å². The molecule has 5 rings (SSSR count). The van der Waals surface area contributed by atoms with Crippen LogP contribution in [0.25, 0.3) is 11.1 Å². The molecule has 214 valence electrons. The predicted octanol–water partition coefficient (Wildman–Crippen LogP) is 4.44. The number of nitrogens with zero attached hydrogens (tertiary/aromatic N) is 1. The maximum atomic E-state index is 14.7. The van der Waals surface area contributed by atoms with Gasteiger partial charge in [0.15, 0.2) is 11.6 Å². The van der Waals surface area contributed by atoms with Crippen molar-refractivity contribution in [1.29, 1.82) is 0 Å². The Balaban J connectivity index is 0.000000446. The molecule has 0 radical (unpaired) electrons. The Morgan fingerprint density at radius 3 is 2.33 bits per heavy atom. The van der Waals surface area contributed by atoms with Gasteiger partial charge in [0, 0.05) is 60.2 Å². The third-order valence-corrected chi connectivity index (χ3v) is 5.80. The van der Waals surface area contributed by atoms with Crippen LogP contribution in [0.4, 0.5) is 20.3 Å². The number of carboxylic acids is 2. The first-order valence-electron chi connectivity index (χ1n) is 12.2. The topological polar surface area (TPSA) is 171 Å². The van der Waals surface area contributed by atoms with Crippen LogP contribution in [0.15, 0.2) is 84.1 Å². The minimum Gasteiger partial charge on any atom is -0.478 e. The van der Waals surface area contributed by atoms with Crippen molar-refractivity contribution in [2.75, 3.05) is 17.2 Å². The number of ether oxygens (including phenoxy) is 1. The summed E-state index contributed by atoms with van der Waals surface area (Å²) in [6, 6.07) is 11.0. The van der Waals surface area contributed by atoms with E-state index in [-0.39, 0.29) is 22.6 Å². The fourth-order valence-electron chi connectivity index (χ4n) is 3.89. The highest BCUT2D eigenvalue weighted by atomic mass is 19.1. The highest BCUT2D eigenvalue weighted by Crippen LogP contribution is 2.34. The van der Waals surface area contributed by atoms with Crippen molar-refractivity contribution in [1.82, 2.24) is 9.97 Å². The quantitative estimate of drug-likeness (QED) is 0.200. The molecule has 2 aromatic carbocycles. The van der Waals surface area contributed by atoms with Gasteiger partial charge < -0.3 is 30.6 Å². The van der Waals surface area contributed by atoms with Crippen LogP contribution < -0.4 is 20.8 Å². The number of aromatic nitrogens is 2. The number of carbonyl (C=O) groups excluding carboxylic acids is 1. The molecule has 0 aliphatic carbocycles. The Hall–Kier alpha value is -5.85. The van der Waals surface area contributed by atoms with Crippen molar-refractivity contribution >= 4 is 29.4 Å². The average Bonchev–Trinajstić information content (AvgIpc) is 3.44. The number of anilines is 2. The van der Waals surface area contributed by atoms with Crippen LogP contribution >= 0.6 is 0 Å². The number of fused-ring (bicyclic) bond motifs is 1. The Morgan fingerprint density at radius 1 is 0.952 bits per heavy atom. The van der Waals surface area contributed by atoms with E-state index >= 15 is 0 Å². The fourth-order valence-corrected chi connectivity index (χ4v) is 3.89. The van der Waals surface area contributed by atoms with Gasteiger partial charge in [-0.2, -0.15) is 0 Å². The van der Waals surface area contributed by atoms with Crippen LogP contribution in [-0.2, 0) is 16.0 Å². The highest BCUT2D eigenvalue weighted by Gasteiger charge is 2.19. The van der Waals surface area contributed by atoms with E-state index in [0.717, 1.165) is 30.4 Å². The molecule has 0 saturated carbocycles. The molecule has 1 amide bonds. The van der Waals surface area contributed by atoms with Gasteiger partial charge >= 0.3 is 11.9 Å². The number of benzene rings is 2. The lowest BCUT2D eigenvalue weighted by atomic mass is 10.0. The first-order valence-corrected chi connectivity index (χ1v) is 12.2. The first kappa shape index (κ1) is 29.1. The first-order chi connectivity index (χ1) is 20.1. The minimum absolute atomic E-state index is 0.00514. The Bertz CT molecular complexity index is 1720. The van der Waals surface area contributed by atoms with E-state index in [1.807, 2.05) is 0 Å². The lowest BCUT2D eigenvalue weighted by molar-refractivity contribution is -0.134. The van der Waals surface area contributed by atoms with Crippen LogP contribution in [0.5, 0.6) is 11.5 Å². The van der Waals surface area contributed by atoms with Gasteiger partial charge in [-0.15, -0.1) is 0 Å². The van der Waals surface area contributed by atoms with Crippen molar-refractivity contribution in [2.24, 2.45) is 0 Å². The zero-order valence-corrected chi connectivity index (χ0v) is 21.6. The van der Waals surface area contributed by atoms with Crippen molar-refractivity contribution in [3.8, 4) is 22.6 Å². The molecule has 1 aliphatic heterocycles. The summed E-state index contributed by atoms with van der Waals surface area (Å²) in [6.45, 7) is 0.734. The zero-order chi connectivity index (χ0) is 30.2. The van der Waals surface area contributed by atoms with Crippen LogP contribution in [0.2, 0.25) is 0 Å². The van der Waals surface area contributed by atoms with Gasteiger partial charge in [0.1, 0.15) is 22.9 Å². The summed E-state index contributed by atoms with van der Waals surface area (Å²) in [5.41, 5.74) is 0.998. The lowest BCUT2D eigenvalue weighted by Crippen LogP contribution is -2.22. The lowest BCUT2D eigenvalue weighted by Gasteiger charge is -2.12. The number of aliphatic carboxylic acids is 2. The van der Waals surface area contributed by atoms with Crippen molar-refractivity contribution in [2.45, 2.75) is 6.42 Å². The summed E-state index contributed by atoms with van der Waals surface area (Å²) in [7, 11) is 0. The number of halogens is 2. The number of rotatable bonds is 7. The van der Waals surface area contributed by atoms with E-state index in [1.165, 1.54) is 48.8 Å². The third-order valence-electron chi connectivity index (χ3n) is 5.80. The molecule has 5 N–H and O–H groups in total. The summed E-state index contributed by atoms with van der Waals surface area (Å²) in [4.78, 5) is 51.6. The predicted molar refractivity (Wildman–Crippen MR) is 148 cm³/mol. The molecule has 11 nitrogen and oxygen atoms in total. The van der Waals surface area contributed by atoms with E-state index in [4.69, 9.17) is 14.9 Å². The Morgan fingerprint density at radius 2 is 1.67 bits per heavy atom. The van der Waals surface area contributed by atoms with Crippen LogP contribution in [-0.4, -0.2) is 44.6 Å². The molecular weight excluding hydrogens is 554 g/mol. The van der Waals surface area contributed by atoms with Crippen LogP contribution in [0.3, 0.4) is 0 Å². The summed E-state index contributed by atoms with van der Waals surface area (Å²) in [6.07, 6.45) is 6.11. The van der Waals surface area contributed by atoms with Crippen LogP contribution in [0.1, 0.15) is 15.9 Å². The number of H-pyrrole nitrogens is 1. The molecule has 13 heteroatoms. The second-order valence-electron chi connectivity index (χ2n) is 8.64. The number of nitrogens with one attached hydrogen (secondary N) is 3. The van der Waals surface area contributed by atoms with Gasteiger partial charge in [0.05, 0.1) is 0 Å². The molecule has 1 aliphatic rings. The Kier molecular flexibility index (Phi) is 9.02. The molecule has 4 aromatic rings. The smallest absolute Gasteiger partial charge is 0.328 e. The van der Waals surface area contributed by atoms with Crippen LogP contribution in [0, 0.1) is 11.6 Å². The molecular formula is C29H22F2N4O7. The molecule has 0 fully saturated rings. The van der Waals surface area contributed by atoms with Gasteiger partial charge in [-0.1, -0.05) is 12.1 Å². The second kappa shape index (κ2) is 13.0. The molecule has 3 heterocycles. The van der Waals surface area contributed by atoms with Gasteiger partial charge in [-0.3, -0.25) is 9.59 Å². The van der Waals surface area contributed by atoms with Crippen molar-refractivity contribution in [3.63, 3.8) is 0 Å². The second-order valence-corrected chi connectivity index (χ2v) is 8.64. The monoisotopic (exact) mass is 576 g/mol. The van der Waals surface area contributed by atoms with Gasteiger partial charge in [0.2, 0.25) is 5.43 Å². The number of hydrogen-bond donors (Lipinski definition) is 5. The number of aromatic amines is 1. The van der Waals surface area contributed by atoms with E-state index in [1.54, 1.807) is 12.3 Å². The largest absolute Gasteiger partial charge is 0.478 e. The number of carbonyl (C=O) groups is 3. The van der Waals surface area contributed by atoms with E-state index < -0.39 is 34.9 Å². The number of pyridine rings is 2. The maximum Gasteiger partial charge on any atom is 0.328 e. The molecule has 0 unspecified atom stereocenters. The molecule has 2 aromatic heterocycles. The van der Waals surface area contributed by atoms with E-state index in [0.29, 0.717) is 23.5 Å². The molecule has 42 heavy (non-hydrogen) atoms. The van der Waals surface area contributed by atoms with Crippen molar-refractivity contribution < 1.29 is 38.1 Å². The normalized spacial score (nSPS) is 11.6. The molecule has 0 bridgehead atoms. The summed E-state index contributed by atoms with van der Waals surface area (Å²) in [5, 5.41) is 21.3. The number of carboxylic acid groups (broad SMARTS) is 2. The fraction of sp³-hybridized carbons (Fsp3) is 0.0690. The summed E-state index contributed by atoms with van der Waals surface area (Å²) in [5.74, 6) is -3.12. The van der Waals surface area contributed by atoms with Gasteiger partial charge in [-0.25, -0.2) is 23.4 Å². The molecule has 0 saturated heterocycles. The average molecular weight is 577 g/mol. The number of amides is 1. The van der Waals surface area contributed by atoms with Gasteiger partial charge in [0.25, 0.3) is 5.91 Å². The summed E-state index contributed by atoms with van der Waals surface area (Å²) < 4.78 is 33.7. The van der Waals surface area contributed by atoms with Gasteiger partial charge in [-0.05, 0) is 42.3 Å². The summed E-state index contributed by atoms with van der Waals surface area (Å²) >= 11 is 0. The standard InChI is InChI=1S/C25H18F2N4O3.C4H4O4/c26-15-3-1-14(2-4-15)18-12-28-13-19(23(18)32)25(33)31-16-5-6-22(20(27)11-16)34-21-8-10-30-24-17(21)7-9-29-24;5-3(6)1-2-4(7)8/h1-6,8,10-13H,7,9H2,(H,28,32)(H,29,30)(H,31,33);1-2H,(H,5,6)(H,7,8)/b;2-1-. The number of hydrogen-bond acceptors (Lipinski definition) is 7. The molecule has 0 spiro atoms. The maximum absolute atomic E-state index is 14.7. The zero-order valence-electron chi connectivity index (χ0n) is 21.6. The Labute approximate surface area is 236 Å². The third kappa shape index (κ3) is 7.21. The van der Waals surface area contributed by atoms with E-state index in [9.17, 15) is 28.0 Å². The molecule has 0 atom stereocenters.